The zero-order chi connectivity index (χ0) is 51.0. The summed E-state index contributed by atoms with van der Waals surface area (Å²) in [5, 5.41) is 9.50. The molecule has 0 aliphatic rings. The Balaban J connectivity index is 0.000000175. The maximum atomic E-state index is 11.8. The number of hydrogen-bond donors (Lipinski definition) is 2. The van der Waals surface area contributed by atoms with E-state index in [2.05, 4.69) is 108 Å². The summed E-state index contributed by atoms with van der Waals surface area (Å²) < 4.78 is 4.90. The zero-order valence-corrected chi connectivity index (χ0v) is 41.6. The van der Waals surface area contributed by atoms with Crippen molar-refractivity contribution < 1.29 is 24.2 Å². The van der Waals surface area contributed by atoms with Crippen molar-refractivity contribution in [3.05, 3.63) is 201 Å². The van der Waals surface area contributed by atoms with Crippen molar-refractivity contribution in [3.63, 3.8) is 0 Å². The van der Waals surface area contributed by atoms with Crippen LogP contribution in [0.15, 0.2) is 139 Å². The van der Waals surface area contributed by atoms with Crippen molar-refractivity contribution >= 4 is 63.2 Å². The summed E-state index contributed by atoms with van der Waals surface area (Å²) in [4.78, 5) is 72.6. The first kappa shape index (κ1) is 51.6. The average molecular weight is 1010 g/mol. The fourth-order valence-corrected chi connectivity index (χ4v) is 7.60. The Morgan fingerprint density at radius 1 is 0.535 bits per heavy atom. The van der Waals surface area contributed by atoms with E-state index >= 15 is 0 Å². The summed E-state index contributed by atoms with van der Waals surface area (Å²) in [6.07, 6.45) is 17.1. The van der Waals surface area contributed by atoms with Crippen LogP contribution in [0, 0.1) is 41.5 Å². The number of benzene rings is 3. The highest BCUT2D eigenvalue weighted by molar-refractivity contribution is 9.12. The van der Waals surface area contributed by atoms with E-state index in [1.165, 1.54) is 55.3 Å². The number of aromatic nitrogens is 9. The second kappa shape index (κ2) is 24.5. The molecule has 0 radical (unpaired) electrons. The van der Waals surface area contributed by atoms with Crippen molar-refractivity contribution in [2.75, 3.05) is 7.11 Å². The number of pyridine rings is 1. The van der Waals surface area contributed by atoms with Crippen LogP contribution in [0.4, 0.5) is 0 Å². The molecule has 15 nitrogen and oxygen atoms in total. The number of hydrogen-bond acceptors (Lipinski definition) is 13. The molecule has 0 aliphatic carbocycles. The second-order valence-electron chi connectivity index (χ2n) is 16.2. The maximum Gasteiger partial charge on any atom is 0.345 e. The Morgan fingerprint density at radius 3 is 1.30 bits per heavy atom. The minimum atomic E-state index is -1.05. The largest absolute Gasteiger partial charge is 0.478 e. The summed E-state index contributed by atoms with van der Waals surface area (Å²) in [5.41, 5.74) is 19.2. The minimum Gasteiger partial charge on any atom is -0.478 e. The molecule has 8 rings (SSSR count). The number of ether oxygens (including phenoxy) is 1. The van der Waals surface area contributed by atoms with Gasteiger partial charge in [0.1, 0.15) is 10.8 Å². The van der Waals surface area contributed by atoms with E-state index in [0.717, 1.165) is 56.0 Å². The molecule has 71 heavy (non-hydrogen) atoms. The highest BCUT2D eigenvalue weighted by Gasteiger charge is 2.14. The van der Waals surface area contributed by atoms with Crippen LogP contribution >= 0.6 is 15.9 Å². The van der Waals surface area contributed by atoms with Crippen LogP contribution < -0.4 is 5.73 Å². The summed E-state index contributed by atoms with van der Waals surface area (Å²) in [6.45, 7) is 12.2. The molecular weight excluding hydrogens is 961 g/mol. The van der Waals surface area contributed by atoms with Gasteiger partial charge in [0.15, 0.2) is 17.5 Å². The number of nitrogens with two attached hydrogens (primary N) is 1. The molecule has 0 saturated heterocycles. The van der Waals surface area contributed by atoms with Gasteiger partial charge in [0.2, 0.25) is 5.91 Å². The SMILES string of the molecule is COC(=O)/C(Br)=C\c1nccc(-c2cc(C)cc(C)c2)n1.Cc1cc(C)cc(-c2ccnc(/C=C(/C(=O)O)c3cccnc3)n2)c1.Cc1cc(C)cc(-c2ccnc(/C=C(/C(N)=O)c3cncnc3)n2)c1. The van der Waals surface area contributed by atoms with Crippen molar-refractivity contribution in [2.24, 2.45) is 5.73 Å². The zero-order valence-electron chi connectivity index (χ0n) is 40.0. The molecule has 0 fully saturated rings. The summed E-state index contributed by atoms with van der Waals surface area (Å²) in [5.74, 6) is -0.907. The number of carbonyl (C=O) groups excluding carboxylic acids is 2. The van der Waals surface area contributed by atoms with Gasteiger partial charge in [0.25, 0.3) is 0 Å². The lowest BCUT2D eigenvalue weighted by atomic mass is 10.0. The van der Waals surface area contributed by atoms with Gasteiger partial charge >= 0.3 is 11.9 Å². The lowest BCUT2D eigenvalue weighted by Gasteiger charge is -2.06. The number of methoxy groups -OCH3 is 1. The molecule has 1 amide bonds. The van der Waals surface area contributed by atoms with Crippen molar-refractivity contribution in [1.82, 2.24) is 44.9 Å². The monoisotopic (exact) mass is 1010 g/mol. The topological polar surface area (TPSA) is 223 Å². The molecule has 0 spiro atoms. The van der Waals surface area contributed by atoms with Gasteiger partial charge in [-0.2, -0.15) is 0 Å². The van der Waals surface area contributed by atoms with Crippen molar-refractivity contribution in [3.8, 4) is 33.8 Å². The minimum absolute atomic E-state index is 0.102. The van der Waals surface area contributed by atoms with Crippen LogP contribution in [0.25, 0.3) is 63.1 Å². The molecular formula is C55H49BrN10O5. The van der Waals surface area contributed by atoms with Gasteiger partial charge in [0, 0.05) is 77.3 Å². The van der Waals surface area contributed by atoms with Crippen LogP contribution in [0.3, 0.4) is 0 Å². The number of rotatable bonds is 11. The Hall–Kier alpha value is -8.76. The van der Waals surface area contributed by atoms with Gasteiger partial charge in [-0.15, -0.1) is 0 Å². The number of carbonyl (C=O) groups is 3. The van der Waals surface area contributed by atoms with E-state index in [-0.39, 0.29) is 15.6 Å². The fraction of sp³-hybridized carbons (Fsp3) is 0.127. The Morgan fingerprint density at radius 2 is 0.930 bits per heavy atom. The molecule has 0 unspecified atom stereocenters. The van der Waals surface area contributed by atoms with Crippen molar-refractivity contribution in [2.45, 2.75) is 41.5 Å². The highest BCUT2D eigenvalue weighted by atomic mass is 79.9. The number of primary amides is 1. The summed E-state index contributed by atoms with van der Waals surface area (Å²) in [7, 11) is 1.32. The molecule has 16 heteroatoms. The van der Waals surface area contributed by atoms with E-state index in [1.807, 2.05) is 71.9 Å². The molecule has 3 aromatic carbocycles. The van der Waals surface area contributed by atoms with Crippen LogP contribution in [-0.2, 0) is 19.1 Å². The number of amides is 1. The number of esters is 1. The quantitative estimate of drug-likeness (QED) is 0.0909. The van der Waals surface area contributed by atoms with Gasteiger partial charge in [-0.1, -0.05) is 57.6 Å². The highest BCUT2D eigenvalue weighted by Crippen LogP contribution is 2.25. The molecule has 356 valence electrons. The van der Waals surface area contributed by atoms with Gasteiger partial charge < -0.3 is 15.6 Å². The van der Waals surface area contributed by atoms with Gasteiger partial charge in [-0.05, 0) is 130 Å². The summed E-state index contributed by atoms with van der Waals surface area (Å²) >= 11 is 3.15. The predicted octanol–water partition coefficient (Wildman–Crippen LogP) is 10.0. The number of halogens is 1. The van der Waals surface area contributed by atoms with Crippen LogP contribution in [0.1, 0.15) is 62.0 Å². The Kier molecular flexibility index (Phi) is 17.8. The fourth-order valence-electron chi connectivity index (χ4n) is 7.23. The third kappa shape index (κ3) is 15.1. The molecule has 8 aromatic rings. The summed E-state index contributed by atoms with van der Waals surface area (Å²) in [6, 6.07) is 27.5. The predicted molar refractivity (Wildman–Crippen MR) is 279 cm³/mol. The smallest absolute Gasteiger partial charge is 0.345 e. The number of carboxylic acid groups (broad SMARTS) is 1. The maximum absolute atomic E-state index is 11.8. The second-order valence-corrected chi connectivity index (χ2v) is 17.0. The third-order valence-corrected chi connectivity index (χ3v) is 10.7. The molecule has 0 saturated carbocycles. The molecule has 0 bridgehead atoms. The number of aliphatic carboxylic acids is 1. The first-order valence-electron chi connectivity index (χ1n) is 21.9. The third-order valence-electron chi connectivity index (χ3n) is 10.1. The molecule has 0 atom stereocenters. The lowest BCUT2D eigenvalue weighted by molar-refractivity contribution is -0.135. The first-order chi connectivity index (χ1) is 34.0. The molecule has 5 aromatic heterocycles. The Labute approximate surface area is 419 Å². The van der Waals surface area contributed by atoms with Gasteiger partial charge in [-0.25, -0.2) is 49.5 Å². The molecule has 0 aliphatic heterocycles. The van der Waals surface area contributed by atoms with E-state index in [0.29, 0.717) is 28.6 Å². The number of aryl methyl sites for hydroxylation is 6. The van der Waals surface area contributed by atoms with E-state index in [4.69, 9.17) is 5.73 Å². The molecule has 5 heterocycles. The van der Waals surface area contributed by atoms with E-state index < -0.39 is 17.8 Å². The normalized spacial score (nSPS) is 11.4. The van der Waals surface area contributed by atoms with Gasteiger partial charge in [0.05, 0.1) is 35.3 Å². The van der Waals surface area contributed by atoms with Crippen LogP contribution in [-0.4, -0.2) is 74.9 Å². The first-order valence-corrected chi connectivity index (χ1v) is 22.7. The average Bonchev–Trinajstić information content (AvgIpc) is 3.35. The standard InChI is InChI=1S/C20H17N3O2.C19H17N5O.C16H15BrN2O2/c1-13-8-14(2)10-16(9-13)18-5-7-22-19(23-18)11-17(20(24)25)15-4-3-6-21-12-15;1-12-5-13(2)7-14(6-12)17-3-4-23-18(24-17)8-16(19(20)25)15-9-21-11-22-10-15;1-10-6-11(2)8-12(7-10)14-4-5-18-15(19-14)9-13(17)16(20)21-3/h3-12H,1-2H3,(H,24,25);3-11H,1-2H3,(H2,20,25);4-9H,1-3H3/b17-11+;16-8+;13-9+. The Bertz CT molecular complexity index is 3090. The molecule has 3 N–H and O–H groups in total. The number of carboxylic acids is 1. The number of nitrogens with zero attached hydrogens (tertiary/aromatic N) is 9. The van der Waals surface area contributed by atoms with E-state index in [1.54, 1.807) is 43.0 Å². The van der Waals surface area contributed by atoms with E-state index in [9.17, 15) is 19.5 Å². The van der Waals surface area contributed by atoms with Crippen LogP contribution in [0.2, 0.25) is 0 Å². The van der Waals surface area contributed by atoms with Crippen LogP contribution in [0.5, 0.6) is 0 Å². The van der Waals surface area contributed by atoms with Gasteiger partial charge in [-0.3, -0.25) is 9.78 Å². The lowest BCUT2D eigenvalue weighted by Crippen LogP contribution is -2.13. The van der Waals surface area contributed by atoms with Crippen molar-refractivity contribution in [1.29, 1.82) is 0 Å².